The molecule has 0 spiro atoms. The highest BCUT2D eigenvalue weighted by Gasteiger charge is 2.13. The zero-order valence-corrected chi connectivity index (χ0v) is 15.9. The molecule has 1 aliphatic rings. The van der Waals surface area contributed by atoms with Gasteiger partial charge in [-0.15, -0.1) is 0 Å². The SMILES string of the molecule is CCNC(=NCCc1ccc2c(c1)OCO2)NC(C)CCS(C)(=O)=O. The van der Waals surface area contributed by atoms with Crippen LogP contribution in [0.25, 0.3) is 0 Å². The summed E-state index contributed by atoms with van der Waals surface area (Å²) in [6, 6.07) is 5.93. The Kier molecular flexibility index (Phi) is 6.92. The number of ether oxygens (including phenoxy) is 2. The summed E-state index contributed by atoms with van der Waals surface area (Å²) >= 11 is 0. The second-order valence-electron chi connectivity index (χ2n) is 6.16. The number of sulfone groups is 1. The molecule has 1 heterocycles. The summed E-state index contributed by atoms with van der Waals surface area (Å²) in [5.41, 5.74) is 1.13. The normalized spacial score (nSPS) is 15.1. The third kappa shape index (κ3) is 6.81. The van der Waals surface area contributed by atoms with Gasteiger partial charge >= 0.3 is 0 Å². The van der Waals surface area contributed by atoms with Crippen molar-refractivity contribution in [3.63, 3.8) is 0 Å². The van der Waals surface area contributed by atoms with E-state index in [4.69, 9.17) is 9.47 Å². The molecule has 0 saturated carbocycles. The molecule has 8 heteroatoms. The highest BCUT2D eigenvalue weighted by Crippen LogP contribution is 2.32. The van der Waals surface area contributed by atoms with Gasteiger partial charge in [-0.2, -0.15) is 0 Å². The molecule has 0 amide bonds. The summed E-state index contributed by atoms with van der Waals surface area (Å²) in [5.74, 6) is 2.42. The maximum absolute atomic E-state index is 11.3. The minimum Gasteiger partial charge on any atom is -0.454 e. The van der Waals surface area contributed by atoms with Crippen LogP contribution < -0.4 is 20.1 Å². The largest absolute Gasteiger partial charge is 0.454 e. The second-order valence-corrected chi connectivity index (χ2v) is 8.42. The Labute approximate surface area is 149 Å². The summed E-state index contributed by atoms with van der Waals surface area (Å²) in [6.45, 7) is 5.59. The molecule has 1 aromatic rings. The Hall–Kier alpha value is -1.96. The van der Waals surface area contributed by atoms with Crippen LogP contribution >= 0.6 is 0 Å². The first-order chi connectivity index (χ1) is 11.9. The van der Waals surface area contributed by atoms with Crippen molar-refractivity contribution in [2.24, 2.45) is 4.99 Å². The van der Waals surface area contributed by atoms with Crippen LogP contribution in [0, 0.1) is 0 Å². The van der Waals surface area contributed by atoms with E-state index in [1.54, 1.807) is 0 Å². The maximum Gasteiger partial charge on any atom is 0.231 e. The van der Waals surface area contributed by atoms with Crippen molar-refractivity contribution in [3.8, 4) is 11.5 Å². The summed E-state index contributed by atoms with van der Waals surface area (Å²) in [5, 5.41) is 6.43. The summed E-state index contributed by atoms with van der Waals surface area (Å²) in [7, 11) is -2.95. The van der Waals surface area contributed by atoms with Gasteiger partial charge in [-0.1, -0.05) is 6.07 Å². The van der Waals surface area contributed by atoms with Crippen LogP contribution in [0.3, 0.4) is 0 Å². The molecular weight excluding hydrogens is 342 g/mol. The fourth-order valence-corrected chi connectivity index (χ4v) is 3.19. The first kappa shape index (κ1) is 19.4. The third-order valence-electron chi connectivity index (χ3n) is 3.76. The van der Waals surface area contributed by atoms with Crippen molar-refractivity contribution >= 4 is 15.8 Å². The molecule has 2 N–H and O–H groups in total. The fourth-order valence-electron chi connectivity index (χ4n) is 2.41. The summed E-state index contributed by atoms with van der Waals surface area (Å²) < 4.78 is 33.2. The summed E-state index contributed by atoms with van der Waals surface area (Å²) in [4.78, 5) is 4.56. The molecule has 1 aliphatic heterocycles. The third-order valence-corrected chi connectivity index (χ3v) is 4.73. The van der Waals surface area contributed by atoms with Gasteiger partial charge in [-0.05, 0) is 44.4 Å². The van der Waals surface area contributed by atoms with Gasteiger partial charge in [0.25, 0.3) is 0 Å². The van der Waals surface area contributed by atoms with Gasteiger partial charge in [0, 0.05) is 25.4 Å². The van der Waals surface area contributed by atoms with Crippen LogP contribution in [0.1, 0.15) is 25.8 Å². The van der Waals surface area contributed by atoms with Crippen molar-refractivity contribution in [1.29, 1.82) is 0 Å². The summed E-state index contributed by atoms with van der Waals surface area (Å²) in [6.07, 6.45) is 2.58. The number of aliphatic imine (C=N–C) groups is 1. The molecule has 0 radical (unpaired) electrons. The molecule has 2 rings (SSSR count). The quantitative estimate of drug-likeness (QED) is 0.531. The average molecular weight is 369 g/mol. The molecule has 0 fully saturated rings. The minimum atomic E-state index is -2.95. The van der Waals surface area contributed by atoms with E-state index in [0.29, 0.717) is 18.9 Å². The maximum atomic E-state index is 11.3. The molecule has 0 saturated heterocycles. The predicted octanol–water partition coefficient (Wildman–Crippen LogP) is 1.34. The fraction of sp³-hybridized carbons (Fsp3) is 0.588. The second kappa shape index (κ2) is 8.94. The minimum absolute atomic E-state index is 0.0260. The molecular formula is C17H27N3O4S. The molecule has 1 atom stereocenters. The van der Waals surface area contributed by atoms with E-state index in [1.807, 2.05) is 32.0 Å². The first-order valence-corrected chi connectivity index (χ1v) is 10.5. The van der Waals surface area contributed by atoms with E-state index < -0.39 is 9.84 Å². The van der Waals surface area contributed by atoms with Crippen LogP contribution in [-0.4, -0.2) is 52.3 Å². The van der Waals surface area contributed by atoms with Gasteiger partial charge in [-0.25, -0.2) is 8.42 Å². The Morgan fingerprint density at radius 3 is 2.80 bits per heavy atom. The van der Waals surface area contributed by atoms with Gasteiger partial charge in [0.15, 0.2) is 17.5 Å². The van der Waals surface area contributed by atoms with Gasteiger partial charge < -0.3 is 20.1 Å². The topological polar surface area (TPSA) is 89.0 Å². The van der Waals surface area contributed by atoms with Crippen molar-refractivity contribution < 1.29 is 17.9 Å². The highest BCUT2D eigenvalue weighted by atomic mass is 32.2. The number of fused-ring (bicyclic) bond motifs is 1. The smallest absolute Gasteiger partial charge is 0.231 e. The van der Waals surface area contributed by atoms with E-state index in [2.05, 4.69) is 15.6 Å². The molecule has 7 nitrogen and oxygen atoms in total. The lowest BCUT2D eigenvalue weighted by atomic mass is 10.1. The number of hydrogen-bond donors (Lipinski definition) is 2. The first-order valence-electron chi connectivity index (χ1n) is 8.48. The van der Waals surface area contributed by atoms with Crippen molar-refractivity contribution in [2.45, 2.75) is 32.7 Å². The lowest BCUT2D eigenvalue weighted by Crippen LogP contribution is -2.43. The molecule has 140 valence electrons. The average Bonchev–Trinajstić information content (AvgIpc) is 3.00. The Morgan fingerprint density at radius 2 is 2.08 bits per heavy atom. The zero-order chi connectivity index (χ0) is 18.3. The number of nitrogens with zero attached hydrogens (tertiary/aromatic N) is 1. The van der Waals surface area contributed by atoms with Crippen LogP contribution in [-0.2, 0) is 16.3 Å². The van der Waals surface area contributed by atoms with Crippen molar-refractivity contribution in [3.05, 3.63) is 23.8 Å². The predicted molar refractivity (Wildman–Crippen MR) is 99.2 cm³/mol. The molecule has 25 heavy (non-hydrogen) atoms. The van der Waals surface area contributed by atoms with Gasteiger partial charge in [-0.3, -0.25) is 4.99 Å². The van der Waals surface area contributed by atoms with E-state index in [1.165, 1.54) is 6.26 Å². The standard InChI is InChI=1S/C17H27N3O4S/c1-4-18-17(20-13(2)8-10-25(3,21)22)19-9-7-14-5-6-15-16(11-14)24-12-23-15/h5-6,11,13H,4,7-10,12H2,1-3H3,(H2,18,19,20). The number of nitrogens with one attached hydrogen (secondary N) is 2. The molecule has 0 bridgehead atoms. The number of guanidine groups is 1. The number of hydrogen-bond acceptors (Lipinski definition) is 5. The van der Waals surface area contributed by atoms with Gasteiger partial charge in [0.05, 0.1) is 5.75 Å². The highest BCUT2D eigenvalue weighted by molar-refractivity contribution is 7.90. The Morgan fingerprint density at radius 1 is 1.32 bits per heavy atom. The van der Waals surface area contributed by atoms with Crippen molar-refractivity contribution in [1.82, 2.24) is 10.6 Å². The van der Waals surface area contributed by atoms with Gasteiger partial charge in [0.1, 0.15) is 9.84 Å². The molecule has 0 aromatic heterocycles. The van der Waals surface area contributed by atoms with Crippen LogP contribution in [0.2, 0.25) is 0 Å². The van der Waals surface area contributed by atoms with E-state index >= 15 is 0 Å². The Bertz CT molecular complexity index is 704. The number of benzene rings is 1. The van der Waals surface area contributed by atoms with Crippen LogP contribution in [0.5, 0.6) is 11.5 Å². The van der Waals surface area contributed by atoms with E-state index in [9.17, 15) is 8.42 Å². The Balaban J connectivity index is 1.86. The molecule has 1 aromatic carbocycles. The van der Waals surface area contributed by atoms with Crippen LogP contribution in [0.4, 0.5) is 0 Å². The number of rotatable bonds is 8. The van der Waals surface area contributed by atoms with Crippen molar-refractivity contribution in [2.75, 3.05) is 31.9 Å². The zero-order valence-electron chi connectivity index (χ0n) is 15.0. The monoisotopic (exact) mass is 369 g/mol. The van der Waals surface area contributed by atoms with E-state index in [-0.39, 0.29) is 18.6 Å². The van der Waals surface area contributed by atoms with Gasteiger partial charge in [0.2, 0.25) is 6.79 Å². The lowest BCUT2D eigenvalue weighted by molar-refractivity contribution is 0.174. The lowest BCUT2D eigenvalue weighted by Gasteiger charge is -2.17. The van der Waals surface area contributed by atoms with E-state index in [0.717, 1.165) is 30.0 Å². The van der Waals surface area contributed by atoms with Crippen LogP contribution in [0.15, 0.2) is 23.2 Å². The molecule has 1 unspecified atom stereocenters. The molecule has 0 aliphatic carbocycles.